The molecule has 10 heteroatoms. The topological polar surface area (TPSA) is 75.3 Å². The zero-order valence-electron chi connectivity index (χ0n) is 18.4. The van der Waals surface area contributed by atoms with Gasteiger partial charge in [0.05, 0.1) is 21.9 Å². The minimum Gasteiger partial charge on any atom is -0.380 e. The summed E-state index contributed by atoms with van der Waals surface area (Å²) in [5.74, 6) is -0.746. The van der Waals surface area contributed by atoms with Gasteiger partial charge in [0, 0.05) is 18.1 Å². The van der Waals surface area contributed by atoms with Gasteiger partial charge in [0.2, 0.25) is 0 Å². The van der Waals surface area contributed by atoms with Crippen LogP contribution in [0.25, 0.3) is 11.1 Å². The Morgan fingerprint density at radius 1 is 0.914 bits per heavy atom. The van der Waals surface area contributed by atoms with Crippen LogP contribution in [0.3, 0.4) is 0 Å². The molecule has 0 aromatic heterocycles. The molecule has 184 valence electrons. The number of halogens is 4. The van der Waals surface area contributed by atoms with E-state index in [1.54, 1.807) is 24.3 Å². The van der Waals surface area contributed by atoms with Crippen molar-refractivity contribution < 1.29 is 26.4 Å². The lowest BCUT2D eigenvalue weighted by Crippen LogP contribution is -2.33. The molecule has 2 N–H and O–H groups in total. The predicted molar refractivity (Wildman–Crippen MR) is 129 cm³/mol. The zero-order chi connectivity index (χ0) is 25.6. The van der Waals surface area contributed by atoms with Gasteiger partial charge in [0.1, 0.15) is 0 Å². The number of carbonyl (C=O) groups excluding carboxylic acids is 1. The van der Waals surface area contributed by atoms with Crippen molar-refractivity contribution in [3.8, 4) is 11.1 Å². The quantitative estimate of drug-likeness (QED) is 0.378. The van der Waals surface area contributed by atoms with E-state index in [4.69, 9.17) is 11.6 Å². The summed E-state index contributed by atoms with van der Waals surface area (Å²) in [6, 6.07) is 17.7. The normalized spacial score (nSPS) is 11.7. The largest absolute Gasteiger partial charge is 0.416 e. The summed E-state index contributed by atoms with van der Waals surface area (Å²) in [7, 11) is -3.55. The minimum absolute atomic E-state index is 0.00944. The van der Waals surface area contributed by atoms with E-state index in [1.807, 2.05) is 0 Å². The third kappa shape index (κ3) is 7.34. The summed E-state index contributed by atoms with van der Waals surface area (Å²) < 4.78 is 63.0. The number of sulfone groups is 1. The van der Waals surface area contributed by atoms with Crippen molar-refractivity contribution in [2.24, 2.45) is 0 Å². The van der Waals surface area contributed by atoms with Crippen molar-refractivity contribution >= 4 is 27.3 Å². The second-order valence-corrected chi connectivity index (χ2v) is 10.2. The first-order chi connectivity index (χ1) is 16.5. The summed E-state index contributed by atoms with van der Waals surface area (Å²) in [5.41, 5.74) is 1.33. The summed E-state index contributed by atoms with van der Waals surface area (Å²) in [6.07, 6.45) is -4.40. The Morgan fingerprint density at radius 2 is 1.57 bits per heavy atom. The second kappa shape index (κ2) is 11.0. The predicted octanol–water partition coefficient (Wildman–Crippen LogP) is 5.22. The zero-order valence-corrected chi connectivity index (χ0v) is 20.0. The van der Waals surface area contributed by atoms with Gasteiger partial charge in [-0.15, -0.1) is 0 Å². The Bertz CT molecular complexity index is 1310. The van der Waals surface area contributed by atoms with Gasteiger partial charge in [-0.2, -0.15) is 13.2 Å². The first-order valence-electron chi connectivity index (χ1n) is 10.4. The van der Waals surface area contributed by atoms with Gasteiger partial charge in [-0.25, -0.2) is 8.42 Å². The van der Waals surface area contributed by atoms with Crippen molar-refractivity contribution in [2.75, 3.05) is 12.3 Å². The molecule has 0 atom stereocenters. The SMILES string of the molecule is C=C(NCCS(=O)(=O)c1ccc(Cl)cc1)C(=O)NCc1cccc(-c2ccc(C(F)(F)F)cc2)c1. The highest BCUT2D eigenvalue weighted by Crippen LogP contribution is 2.31. The van der Waals surface area contributed by atoms with E-state index in [-0.39, 0.29) is 29.4 Å². The van der Waals surface area contributed by atoms with E-state index < -0.39 is 27.5 Å². The van der Waals surface area contributed by atoms with Crippen molar-refractivity contribution in [2.45, 2.75) is 17.6 Å². The molecule has 3 aromatic rings. The monoisotopic (exact) mass is 522 g/mol. The molecule has 1 amide bonds. The van der Waals surface area contributed by atoms with Crippen LogP contribution in [0.1, 0.15) is 11.1 Å². The van der Waals surface area contributed by atoms with Gasteiger partial charge in [0.15, 0.2) is 9.84 Å². The Kier molecular flexibility index (Phi) is 8.24. The fraction of sp³-hybridized carbons (Fsp3) is 0.160. The van der Waals surface area contributed by atoms with Crippen molar-refractivity contribution in [1.82, 2.24) is 10.6 Å². The molecule has 0 aliphatic carbocycles. The highest BCUT2D eigenvalue weighted by Gasteiger charge is 2.30. The van der Waals surface area contributed by atoms with Crippen LogP contribution in [0, 0.1) is 0 Å². The van der Waals surface area contributed by atoms with E-state index in [0.29, 0.717) is 16.1 Å². The molecule has 0 saturated carbocycles. The molecule has 0 radical (unpaired) electrons. The fourth-order valence-corrected chi connectivity index (χ4v) is 4.46. The molecule has 0 saturated heterocycles. The lowest BCUT2D eigenvalue weighted by atomic mass is 10.0. The number of alkyl halides is 3. The van der Waals surface area contributed by atoms with Crippen LogP contribution in [0.5, 0.6) is 0 Å². The average molecular weight is 523 g/mol. The standard InChI is InChI=1S/C25H22ClF3N2O3S/c1-17(30-13-14-35(33,34)23-11-9-22(26)10-12-23)24(32)31-16-18-3-2-4-20(15-18)19-5-7-21(8-6-19)25(27,28)29/h2-12,15,30H,1,13-14,16H2,(H,31,32). The molecule has 0 spiro atoms. The van der Waals surface area contributed by atoms with E-state index in [1.165, 1.54) is 36.4 Å². The summed E-state index contributed by atoms with van der Waals surface area (Å²) in [5, 5.41) is 5.81. The Labute approximate surface area is 206 Å². The van der Waals surface area contributed by atoms with Gasteiger partial charge < -0.3 is 10.6 Å². The van der Waals surface area contributed by atoms with Crippen LogP contribution >= 0.6 is 11.6 Å². The fourth-order valence-electron chi connectivity index (χ4n) is 3.18. The molecule has 0 heterocycles. The molecule has 0 aliphatic rings. The Morgan fingerprint density at radius 3 is 2.20 bits per heavy atom. The molecule has 0 bridgehead atoms. The van der Waals surface area contributed by atoms with Gasteiger partial charge in [0.25, 0.3) is 5.91 Å². The smallest absolute Gasteiger partial charge is 0.380 e. The number of nitrogens with one attached hydrogen (secondary N) is 2. The van der Waals surface area contributed by atoms with Crippen LogP contribution in [0.2, 0.25) is 5.02 Å². The maximum Gasteiger partial charge on any atom is 0.416 e. The lowest BCUT2D eigenvalue weighted by Gasteiger charge is -2.12. The van der Waals surface area contributed by atoms with Gasteiger partial charge in [-0.05, 0) is 59.2 Å². The first kappa shape index (κ1) is 26.3. The number of hydrogen-bond acceptors (Lipinski definition) is 4. The molecule has 0 aliphatic heterocycles. The molecule has 3 rings (SSSR count). The molecule has 0 fully saturated rings. The molecule has 5 nitrogen and oxygen atoms in total. The third-order valence-corrected chi connectivity index (χ3v) is 7.07. The second-order valence-electron chi connectivity index (χ2n) is 7.64. The van der Waals surface area contributed by atoms with Crippen LogP contribution in [0.4, 0.5) is 13.2 Å². The number of carbonyl (C=O) groups is 1. The van der Waals surface area contributed by atoms with Gasteiger partial charge >= 0.3 is 6.18 Å². The number of rotatable bonds is 9. The first-order valence-corrected chi connectivity index (χ1v) is 12.4. The molecule has 3 aromatic carbocycles. The van der Waals surface area contributed by atoms with Crippen molar-refractivity contribution in [3.05, 3.63) is 101 Å². The molecular weight excluding hydrogens is 501 g/mol. The van der Waals surface area contributed by atoms with E-state index in [0.717, 1.165) is 17.7 Å². The van der Waals surface area contributed by atoms with E-state index in [2.05, 4.69) is 17.2 Å². The van der Waals surface area contributed by atoms with Gasteiger partial charge in [-0.1, -0.05) is 48.5 Å². The van der Waals surface area contributed by atoms with Crippen LogP contribution in [0.15, 0.2) is 90.0 Å². The Balaban J connectivity index is 1.52. The number of benzene rings is 3. The number of amides is 1. The average Bonchev–Trinajstić information content (AvgIpc) is 2.82. The Hall–Kier alpha value is -3.30. The summed E-state index contributed by atoms with van der Waals surface area (Å²) >= 11 is 5.78. The number of hydrogen-bond donors (Lipinski definition) is 2. The lowest BCUT2D eigenvalue weighted by molar-refractivity contribution is -0.137. The van der Waals surface area contributed by atoms with E-state index in [9.17, 15) is 26.4 Å². The van der Waals surface area contributed by atoms with Crippen molar-refractivity contribution in [1.29, 1.82) is 0 Å². The highest BCUT2D eigenvalue weighted by atomic mass is 35.5. The van der Waals surface area contributed by atoms with E-state index >= 15 is 0 Å². The maximum atomic E-state index is 12.8. The summed E-state index contributed by atoms with van der Waals surface area (Å²) in [6.45, 7) is 3.77. The maximum absolute atomic E-state index is 12.8. The summed E-state index contributed by atoms with van der Waals surface area (Å²) in [4.78, 5) is 12.5. The minimum atomic E-state index is -4.40. The third-order valence-electron chi connectivity index (χ3n) is 5.08. The van der Waals surface area contributed by atoms with Crippen LogP contribution in [-0.4, -0.2) is 26.6 Å². The van der Waals surface area contributed by atoms with Gasteiger partial charge in [-0.3, -0.25) is 4.79 Å². The highest BCUT2D eigenvalue weighted by molar-refractivity contribution is 7.91. The molecule has 0 unspecified atom stereocenters. The molecule has 35 heavy (non-hydrogen) atoms. The van der Waals surface area contributed by atoms with Crippen LogP contribution in [-0.2, 0) is 27.4 Å². The molecular formula is C25H22ClF3N2O3S. The van der Waals surface area contributed by atoms with Crippen molar-refractivity contribution in [3.63, 3.8) is 0 Å². The van der Waals surface area contributed by atoms with Crippen LogP contribution < -0.4 is 10.6 Å².